The van der Waals surface area contributed by atoms with Gasteiger partial charge >= 0.3 is 0 Å². The monoisotopic (exact) mass is 571 g/mol. The lowest BCUT2D eigenvalue weighted by Gasteiger charge is -2.38. The average molecular weight is 572 g/mol. The normalized spacial score (nSPS) is 16.5. The molecule has 1 saturated heterocycles. The molecule has 3 aromatic rings. The molecular formula is C25H30ClN9O3S. The maximum absolute atomic E-state index is 13.0. The zero-order chi connectivity index (χ0) is 27.7. The summed E-state index contributed by atoms with van der Waals surface area (Å²) in [5, 5.41) is 22.1. The number of aryl methyl sites for hydroxylation is 1. The summed E-state index contributed by atoms with van der Waals surface area (Å²) in [6.45, 7) is 4.82. The van der Waals surface area contributed by atoms with Crippen molar-refractivity contribution in [3.8, 4) is 5.88 Å². The predicted molar refractivity (Wildman–Crippen MR) is 149 cm³/mol. The number of fused-ring (bicyclic) bond motifs is 1. The highest BCUT2D eigenvalue weighted by Crippen LogP contribution is 2.39. The maximum Gasteiger partial charge on any atom is 0.270 e. The van der Waals surface area contributed by atoms with E-state index >= 15 is 0 Å². The Morgan fingerprint density at radius 2 is 1.97 bits per heavy atom. The minimum atomic E-state index is -0.799. The number of benzene rings is 1. The first-order chi connectivity index (χ1) is 18.7. The van der Waals surface area contributed by atoms with Gasteiger partial charge in [0.25, 0.3) is 11.5 Å². The van der Waals surface area contributed by atoms with Crippen LogP contribution in [0.1, 0.15) is 48.8 Å². The Morgan fingerprint density at radius 3 is 2.69 bits per heavy atom. The van der Waals surface area contributed by atoms with Crippen molar-refractivity contribution in [1.29, 1.82) is 0 Å². The van der Waals surface area contributed by atoms with Crippen LogP contribution in [0, 0.1) is 5.41 Å². The van der Waals surface area contributed by atoms with Gasteiger partial charge < -0.3 is 26.8 Å². The minimum Gasteiger partial charge on any atom is -0.493 e. The molecule has 39 heavy (non-hydrogen) atoms. The average Bonchev–Trinajstić information content (AvgIpc) is 2.92. The van der Waals surface area contributed by atoms with Crippen molar-refractivity contribution in [2.75, 3.05) is 35.6 Å². The highest BCUT2D eigenvalue weighted by Gasteiger charge is 2.30. The van der Waals surface area contributed by atoms with Gasteiger partial charge in [0.05, 0.1) is 10.7 Å². The summed E-state index contributed by atoms with van der Waals surface area (Å²) in [6.07, 6.45) is 4.12. The molecule has 0 saturated carbocycles. The van der Waals surface area contributed by atoms with Crippen LogP contribution in [0.5, 0.6) is 5.88 Å². The molecule has 1 fully saturated rings. The van der Waals surface area contributed by atoms with Crippen molar-refractivity contribution < 1.29 is 9.90 Å². The number of piperidine rings is 1. The third-order valence-corrected chi connectivity index (χ3v) is 8.89. The first kappa shape index (κ1) is 27.2. The number of rotatable bonds is 6. The van der Waals surface area contributed by atoms with Crippen molar-refractivity contribution in [2.24, 2.45) is 11.1 Å². The van der Waals surface area contributed by atoms with E-state index in [9.17, 15) is 14.7 Å². The molecule has 206 valence electrons. The molecule has 1 aromatic carbocycles. The number of carbonyl (C=O) groups is 1. The van der Waals surface area contributed by atoms with Crippen molar-refractivity contribution in [1.82, 2.24) is 24.7 Å². The van der Waals surface area contributed by atoms with E-state index in [4.69, 9.17) is 23.1 Å². The van der Waals surface area contributed by atoms with E-state index in [1.807, 2.05) is 4.90 Å². The lowest BCUT2D eigenvalue weighted by molar-refractivity contribution is 0.102. The van der Waals surface area contributed by atoms with Crippen molar-refractivity contribution >= 4 is 46.7 Å². The quantitative estimate of drug-likeness (QED) is 0.342. The number of aromatic nitrogens is 5. The number of anilines is 3. The Bertz CT molecular complexity index is 1470. The molecule has 0 bridgehead atoms. The molecule has 0 unspecified atom stereocenters. The van der Waals surface area contributed by atoms with Crippen molar-refractivity contribution in [3.63, 3.8) is 0 Å². The molecule has 6 N–H and O–H groups in total. The number of nitrogens with one attached hydrogen (secondary N) is 1. The van der Waals surface area contributed by atoms with Crippen LogP contribution in [0.4, 0.5) is 17.5 Å². The molecule has 4 heterocycles. The summed E-state index contributed by atoms with van der Waals surface area (Å²) in [5.41, 5.74) is 11.5. The fourth-order valence-corrected chi connectivity index (χ4v) is 5.79. The molecule has 0 radical (unpaired) electrons. The van der Waals surface area contributed by atoms with Gasteiger partial charge in [-0.05, 0) is 49.8 Å². The molecule has 12 nitrogen and oxygen atoms in total. The van der Waals surface area contributed by atoms with Gasteiger partial charge in [0.15, 0.2) is 16.4 Å². The van der Waals surface area contributed by atoms with Gasteiger partial charge in [0.2, 0.25) is 11.8 Å². The Balaban J connectivity index is 1.32. The zero-order valence-corrected chi connectivity index (χ0v) is 23.1. The molecule has 0 aliphatic carbocycles. The van der Waals surface area contributed by atoms with E-state index in [1.54, 1.807) is 18.2 Å². The first-order valence-corrected chi connectivity index (χ1v) is 13.9. The van der Waals surface area contributed by atoms with Crippen molar-refractivity contribution in [3.05, 3.63) is 45.0 Å². The third-order valence-electron chi connectivity index (χ3n) is 7.32. The molecule has 14 heteroatoms. The molecule has 2 aromatic heterocycles. The van der Waals surface area contributed by atoms with Crippen LogP contribution in [-0.4, -0.2) is 55.4 Å². The van der Waals surface area contributed by atoms with Crippen LogP contribution in [0.3, 0.4) is 0 Å². The number of nitrogen functional groups attached to an aromatic ring is 1. The third kappa shape index (κ3) is 5.52. The number of amides is 1. The summed E-state index contributed by atoms with van der Waals surface area (Å²) >= 11 is 7.76. The van der Waals surface area contributed by atoms with Gasteiger partial charge in [-0.1, -0.05) is 36.4 Å². The highest BCUT2D eigenvalue weighted by molar-refractivity contribution is 7.99. The number of hydrogen-bond acceptors (Lipinski definition) is 11. The number of hydrogen-bond donors (Lipinski definition) is 4. The molecule has 2 aliphatic heterocycles. The van der Waals surface area contributed by atoms with E-state index < -0.39 is 22.9 Å². The summed E-state index contributed by atoms with van der Waals surface area (Å²) in [5.74, 6) is -0.242. The number of carbonyl (C=O) groups excluding carboxylic acids is 1. The fourth-order valence-electron chi connectivity index (χ4n) is 4.71. The molecular weight excluding hydrogens is 542 g/mol. The summed E-state index contributed by atoms with van der Waals surface area (Å²) < 4.78 is 1.44. The molecule has 2 aliphatic rings. The second kappa shape index (κ2) is 11.0. The topological polar surface area (TPSA) is 178 Å². The Kier molecular flexibility index (Phi) is 7.65. The zero-order valence-electron chi connectivity index (χ0n) is 21.5. The van der Waals surface area contributed by atoms with E-state index in [2.05, 4.69) is 32.4 Å². The van der Waals surface area contributed by atoms with E-state index in [1.165, 1.54) is 4.57 Å². The second-order valence-electron chi connectivity index (χ2n) is 10.1. The van der Waals surface area contributed by atoms with Gasteiger partial charge in [0, 0.05) is 31.0 Å². The number of nitrogens with zero attached hydrogens (tertiary/aromatic N) is 6. The van der Waals surface area contributed by atoms with Crippen LogP contribution in [-0.2, 0) is 13.0 Å². The molecule has 1 amide bonds. The van der Waals surface area contributed by atoms with E-state index in [0.29, 0.717) is 41.2 Å². The molecule has 0 spiro atoms. The minimum absolute atomic E-state index is 0.117. The lowest BCUT2D eigenvalue weighted by atomic mass is 9.81. The van der Waals surface area contributed by atoms with Gasteiger partial charge in [-0.25, -0.2) is 0 Å². The summed E-state index contributed by atoms with van der Waals surface area (Å²) in [4.78, 5) is 37.0. The molecule has 5 rings (SSSR count). The lowest BCUT2D eigenvalue weighted by Crippen LogP contribution is -2.43. The van der Waals surface area contributed by atoms with Gasteiger partial charge in [-0.3, -0.25) is 14.2 Å². The van der Waals surface area contributed by atoms with Crippen LogP contribution < -0.4 is 27.2 Å². The maximum atomic E-state index is 13.0. The summed E-state index contributed by atoms with van der Waals surface area (Å²) in [7, 11) is 0. The largest absolute Gasteiger partial charge is 0.493 e. The highest BCUT2D eigenvalue weighted by atomic mass is 35.5. The molecule has 0 atom stereocenters. The van der Waals surface area contributed by atoms with Crippen LogP contribution in [0.15, 0.2) is 32.9 Å². The van der Waals surface area contributed by atoms with Gasteiger partial charge in [-0.15, -0.1) is 10.2 Å². The Hall–Kier alpha value is -3.42. The van der Waals surface area contributed by atoms with Crippen LogP contribution in [0.2, 0.25) is 5.02 Å². The number of halogens is 1. The van der Waals surface area contributed by atoms with Gasteiger partial charge in [0.1, 0.15) is 5.82 Å². The van der Waals surface area contributed by atoms with E-state index in [-0.39, 0.29) is 21.9 Å². The Morgan fingerprint density at radius 1 is 1.21 bits per heavy atom. The predicted octanol–water partition coefficient (Wildman–Crippen LogP) is 2.67. The SMILES string of the molecule is CC1(CN)CCN(c2nnc(Sc3cccc(NC(=O)c4c(O)nc5n(c4=O)CCCC5)c3Cl)c(N)n2)CC1. The van der Waals surface area contributed by atoms with Crippen LogP contribution >= 0.6 is 23.4 Å². The number of aromatic hydroxyl groups is 1. The Labute approximate surface area is 234 Å². The number of nitrogens with two attached hydrogens (primary N) is 2. The van der Waals surface area contributed by atoms with Crippen LogP contribution in [0.25, 0.3) is 0 Å². The van der Waals surface area contributed by atoms with Gasteiger partial charge in [-0.2, -0.15) is 9.97 Å². The second-order valence-corrected chi connectivity index (χ2v) is 11.5. The smallest absolute Gasteiger partial charge is 0.270 e. The first-order valence-electron chi connectivity index (χ1n) is 12.7. The van der Waals surface area contributed by atoms with Crippen molar-refractivity contribution in [2.45, 2.75) is 55.5 Å². The van der Waals surface area contributed by atoms with E-state index in [0.717, 1.165) is 50.5 Å². The standard InChI is InChI=1S/C25H30ClN9O3S/c1-25(13-27)8-11-34(12-9-25)24-31-19(28)22(32-33-24)39-15-6-4-5-14(18(15)26)29-20(36)17-21(37)30-16-7-2-3-10-35(16)23(17)38/h4-6,37H,2-3,7-13,27H2,1H3,(H,29,36)(H2,28,31,33). The fraction of sp³-hybridized carbons (Fsp3) is 0.440. The summed E-state index contributed by atoms with van der Waals surface area (Å²) in [6, 6.07) is 5.02.